The number of methoxy groups -OCH3 is 1. The third-order valence-corrected chi connectivity index (χ3v) is 5.74. The number of amides is 2. The lowest BCUT2D eigenvalue weighted by molar-refractivity contribution is -0.123. The predicted octanol–water partition coefficient (Wildman–Crippen LogP) is 3.93. The number of phenols is 1. The number of ether oxygens (including phenoxy) is 2. The van der Waals surface area contributed by atoms with Gasteiger partial charge < -0.3 is 24.9 Å². The number of nitrogens with one attached hydrogen (secondary N) is 3. The van der Waals surface area contributed by atoms with Crippen LogP contribution in [-0.2, 0) is 16.0 Å². The van der Waals surface area contributed by atoms with Crippen LogP contribution < -0.4 is 15.5 Å². The smallest absolute Gasteiger partial charge is 0.407 e. The first-order valence-electron chi connectivity index (χ1n) is 10.7. The summed E-state index contributed by atoms with van der Waals surface area (Å²) in [6, 6.07) is 10.1. The molecule has 0 fully saturated rings. The molecule has 9 nitrogen and oxygen atoms in total. The number of carbonyl (C=O) groups is 2. The number of halogens is 1. The Kier molecular flexibility index (Phi) is 8.74. The van der Waals surface area contributed by atoms with E-state index in [0.717, 1.165) is 16.5 Å². The van der Waals surface area contributed by atoms with E-state index in [1.54, 1.807) is 12.1 Å². The van der Waals surface area contributed by atoms with Crippen LogP contribution in [0.25, 0.3) is 10.9 Å². The zero-order valence-corrected chi connectivity index (χ0v) is 21.3. The molecule has 0 saturated heterocycles. The number of rotatable bonds is 9. The zero-order valence-electron chi connectivity index (χ0n) is 19.1. The minimum absolute atomic E-state index is 0.0344. The highest BCUT2D eigenvalue weighted by molar-refractivity contribution is 14.1. The minimum Gasteiger partial charge on any atom is -0.504 e. The summed E-state index contributed by atoms with van der Waals surface area (Å²) in [6.45, 7) is 4.10. The highest BCUT2D eigenvalue weighted by Crippen LogP contribution is 2.31. The van der Waals surface area contributed by atoms with E-state index in [0.29, 0.717) is 14.9 Å². The maximum Gasteiger partial charge on any atom is 0.407 e. The molecule has 2 amide bonds. The van der Waals surface area contributed by atoms with E-state index in [1.165, 1.54) is 13.3 Å². The molecule has 1 aromatic heterocycles. The van der Waals surface area contributed by atoms with E-state index in [1.807, 2.05) is 66.9 Å². The van der Waals surface area contributed by atoms with Crippen molar-refractivity contribution in [1.82, 2.24) is 15.7 Å². The van der Waals surface area contributed by atoms with Crippen LogP contribution >= 0.6 is 22.6 Å². The molecule has 3 rings (SSSR count). The van der Waals surface area contributed by atoms with Crippen molar-refractivity contribution < 1.29 is 24.2 Å². The van der Waals surface area contributed by atoms with E-state index >= 15 is 0 Å². The van der Waals surface area contributed by atoms with E-state index < -0.39 is 18.0 Å². The molecule has 0 radical (unpaired) electrons. The summed E-state index contributed by atoms with van der Waals surface area (Å²) < 4.78 is 10.9. The molecule has 3 aromatic rings. The first-order chi connectivity index (χ1) is 16.3. The van der Waals surface area contributed by atoms with Gasteiger partial charge in [0.25, 0.3) is 5.91 Å². The molecule has 2 aromatic carbocycles. The number of carbonyl (C=O) groups excluding carboxylic acids is 2. The maximum absolute atomic E-state index is 12.9. The molecule has 0 saturated carbocycles. The second-order valence-corrected chi connectivity index (χ2v) is 9.20. The zero-order chi connectivity index (χ0) is 24.7. The molecule has 10 heteroatoms. The monoisotopic (exact) mass is 578 g/mol. The molecule has 0 aliphatic rings. The summed E-state index contributed by atoms with van der Waals surface area (Å²) in [7, 11) is 1.45. The number of H-pyrrole nitrogens is 1. The molecule has 0 aliphatic heterocycles. The lowest BCUT2D eigenvalue weighted by Gasteiger charge is -2.17. The average Bonchev–Trinajstić information content (AvgIpc) is 3.22. The molecular formula is C24H27IN4O5. The number of aromatic amines is 1. The Morgan fingerprint density at radius 2 is 2.03 bits per heavy atom. The number of fused-ring (bicyclic) bond motifs is 1. The highest BCUT2D eigenvalue weighted by atomic mass is 127. The van der Waals surface area contributed by atoms with Gasteiger partial charge >= 0.3 is 6.09 Å². The molecule has 1 atom stereocenters. The highest BCUT2D eigenvalue weighted by Gasteiger charge is 2.23. The van der Waals surface area contributed by atoms with Gasteiger partial charge in [-0.1, -0.05) is 32.0 Å². The lowest BCUT2D eigenvalue weighted by Crippen LogP contribution is -2.47. The van der Waals surface area contributed by atoms with Crippen LogP contribution in [0, 0.1) is 9.49 Å². The quantitative estimate of drug-likeness (QED) is 0.174. The van der Waals surface area contributed by atoms with Gasteiger partial charge in [0.15, 0.2) is 11.5 Å². The average molecular weight is 578 g/mol. The fraction of sp³-hybridized carbons (Fsp3) is 0.292. The van der Waals surface area contributed by atoms with Crippen LogP contribution in [0.2, 0.25) is 0 Å². The predicted molar refractivity (Wildman–Crippen MR) is 138 cm³/mol. The lowest BCUT2D eigenvalue weighted by atomic mass is 10.0. The largest absolute Gasteiger partial charge is 0.504 e. The maximum atomic E-state index is 12.9. The number of hydrogen-bond acceptors (Lipinski definition) is 6. The molecular weight excluding hydrogens is 551 g/mol. The summed E-state index contributed by atoms with van der Waals surface area (Å²) in [5.74, 6) is 0.00319. The molecule has 0 spiro atoms. The Morgan fingerprint density at radius 1 is 1.26 bits per heavy atom. The van der Waals surface area contributed by atoms with Crippen LogP contribution in [0.5, 0.6) is 11.5 Å². The van der Waals surface area contributed by atoms with E-state index in [-0.39, 0.29) is 24.7 Å². The number of phenolic OH excluding ortho intramolecular Hbond substituents is 1. The first kappa shape index (κ1) is 25.3. The van der Waals surface area contributed by atoms with Gasteiger partial charge in [-0.25, -0.2) is 10.2 Å². The number of aromatic nitrogens is 1. The number of hydrogen-bond donors (Lipinski definition) is 4. The van der Waals surface area contributed by atoms with Crippen molar-refractivity contribution in [1.29, 1.82) is 0 Å². The SMILES string of the molecule is COc1cc(/C=N\NC(=O)[C@@H](Cc2c[nH]c3ccccc23)NC(=O)OCC(C)C)cc(I)c1O. The Bertz CT molecular complexity index is 1190. The van der Waals surface area contributed by atoms with Crippen LogP contribution in [0.1, 0.15) is 25.0 Å². The van der Waals surface area contributed by atoms with E-state index in [9.17, 15) is 14.7 Å². The Hall–Kier alpha value is -3.28. The number of nitrogens with zero attached hydrogens (tertiary/aromatic N) is 1. The van der Waals surface area contributed by atoms with Gasteiger partial charge in [0.2, 0.25) is 0 Å². The second kappa shape index (κ2) is 11.7. The van der Waals surface area contributed by atoms with Crippen molar-refractivity contribution in [3.8, 4) is 11.5 Å². The topological polar surface area (TPSA) is 125 Å². The summed E-state index contributed by atoms with van der Waals surface area (Å²) in [5.41, 5.74) is 4.91. The van der Waals surface area contributed by atoms with Gasteiger partial charge in [0.05, 0.1) is 23.5 Å². The van der Waals surface area contributed by atoms with Crippen LogP contribution in [-0.4, -0.2) is 48.1 Å². The molecule has 180 valence electrons. The third kappa shape index (κ3) is 6.62. The number of alkyl carbamates (subject to hydrolysis) is 1. The van der Waals surface area contributed by atoms with E-state index in [4.69, 9.17) is 9.47 Å². The second-order valence-electron chi connectivity index (χ2n) is 8.04. The number of hydrazone groups is 1. The van der Waals surface area contributed by atoms with Crippen molar-refractivity contribution in [2.24, 2.45) is 11.0 Å². The molecule has 0 unspecified atom stereocenters. The number of para-hydroxylation sites is 1. The van der Waals surface area contributed by atoms with Crippen molar-refractivity contribution in [3.63, 3.8) is 0 Å². The van der Waals surface area contributed by atoms with Crippen LogP contribution in [0.4, 0.5) is 4.79 Å². The fourth-order valence-electron chi connectivity index (χ4n) is 3.23. The number of benzene rings is 2. The summed E-state index contributed by atoms with van der Waals surface area (Å²) in [5, 5.41) is 17.6. The van der Waals surface area contributed by atoms with E-state index in [2.05, 4.69) is 20.8 Å². The Labute approximate surface area is 211 Å². The van der Waals surface area contributed by atoms with Gasteiger partial charge in [-0.2, -0.15) is 5.10 Å². The molecule has 0 bridgehead atoms. The summed E-state index contributed by atoms with van der Waals surface area (Å²) >= 11 is 1.98. The fourth-order valence-corrected chi connectivity index (χ4v) is 3.85. The van der Waals surface area contributed by atoms with Gasteiger partial charge in [-0.3, -0.25) is 4.79 Å². The van der Waals surface area contributed by atoms with Crippen molar-refractivity contribution in [3.05, 3.63) is 57.3 Å². The van der Waals surface area contributed by atoms with Crippen LogP contribution in [0.3, 0.4) is 0 Å². The Balaban J connectivity index is 1.75. The van der Waals surface area contributed by atoms with Crippen LogP contribution in [0.15, 0.2) is 47.7 Å². The molecule has 4 N–H and O–H groups in total. The normalized spacial score (nSPS) is 12.1. The first-order valence-corrected chi connectivity index (χ1v) is 11.7. The molecule has 34 heavy (non-hydrogen) atoms. The van der Waals surface area contributed by atoms with Crippen molar-refractivity contribution in [2.45, 2.75) is 26.3 Å². The Morgan fingerprint density at radius 3 is 2.76 bits per heavy atom. The van der Waals surface area contributed by atoms with Crippen molar-refractivity contribution in [2.75, 3.05) is 13.7 Å². The van der Waals surface area contributed by atoms with Gasteiger partial charge in [-0.05, 0) is 57.8 Å². The standard InChI is InChI=1S/C24H27IN4O5/c1-14(2)13-34-24(32)28-20(10-16-12-26-19-7-5-4-6-17(16)19)23(31)29-27-11-15-8-18(25)22(30)21(9-15)33-3/h4-9,11-12,14,20,26,30H,10,13H2,1-3H3,(H,28,32)(H,29,31)/b27-11-/t20-/m1/s1. The number of aromatic hydroxyl groups is 1. The van der Waals surface area contributed by atoms with Gasteiger partial charge in [0.1, 0.15) is 6.04 Å². The van der Waals surface area contributed by atoms with Gasteiger partial charge in [0, 0.05) is 23.5 Å². The van der Waals surface area contributed by atoms with Crippen molar-refractivity contribution >= 4 is 51.7 Å². The summed E-state index contributed by atoms with van der Waals surface area (Å²) in [4.78, 5) is 28.4. The third-order valence-electron chi connectivity index (χ3n) is 4.91. The molecule has 1 heterocycles. The van der Waals surface area contributed by atoms with Gasteiger partial charge in [-0.15, -0.1) is 0 Å². The molecule has 0 aliphatic carbocycles. The minimum atomic E-state index is -0.912. The summed E-state index contributed by atoms with van der Waals surface area (Å²) in [6.07, 6.45) is 2.82.